The molecule has 9 nitrogen and oxygen atoms in total. The molecule has 0 aliphatic carbocycles. The fourth-order valence-corrected chi connectivity index (χ4v) is 3.32. The summed E-state index contributed by atoms with van der Waals surface area (Å²) in [6.07, 6.45) is 2.64. The number of nitro groups is 1. The Hall–Kier alpha value is -2.88. The van der Waals surface area contributed by atoms with Crippen LogP contribution in [0.4, 0.5) is 10.5 Å². The summed E-state index contributed by atoms with van der Waals surface area (Å²) in [6.45, 7) is 8.94. The van der Waals surface area contributed by atoms with E-state index in [0.717, 1.165) is 12.0 Å². The van der Waals surface area contributed by atoms with Crippen molar-refractivity contribution < 1.29 is 19.2 Å². The zero-order valence-corrected chi connectivity index (χ0v) is 20.0. The van der Waals surface area contributed by atoms with Crippen LogP contribution in [0.15, 0.2) is 35.7 Å². The van der Waals surface area contributed by atoms with Crippen LogP contribution in [0.3, 0.4) is 0 Å². The Morgan fingerprint density at radius 3 is 2.31 bits per heavy atom. The molecule has 2 amide bonds. The molecule has 32 heavy (non-hydrogen) atoms. The van der Waals surface area contributed by atoms with Crippen molar-refractivity contribution in [1.29, 1.82) is 5.41 Å². The van der Waals surface area contributed by atoms with Gasteiger partial charge in [0.2, 0.25) is 5.91 Å². The van der Waals surface area contributed by atoms with Crippen molar-refractivity contribution in [2.75, 3.05) is 0 Å². The van der Waals surface area contributed by atoms with E-state index in [4.69, 9.17) is 10.1 Å². The second-order valence-electron chi connectivity index (χ2n) is 8.06. The van der Waals surface area contributed by atoms with Gasteiger partial charge < -0.3 is 15.4 Å². The van der Waals surface area contributed by atoms with E-state index in [-0.39, 0.29) is 17.2 Å². The molecule has 0 fully saturated rings. The number of allylic oxidation sites excluding steroid dienone is 1. The van der Waals surface area contributed by atoms with Gasteiger partial charge in [-0.1, -0.05) is 43.8 Å². The molecule has 0 heterocycles. The first kappa shape index (κ1) is 27.2. The Morgan fingerprint density at radius 2 is 1.81 bits per heavy atom. The molecular weight excluding hydrogens is 432 g/mol. The molecule has 0 bridgehead atoms. The van der Waals surface area contributed by atoms with Crippen LogP contribution in [0.1, 0.15) is 53.0 Å². The van der Waals surface area contributed by atoms with Gasteiger partial charge in [0.25, 0.3) is 5.69 Å². The Morgan fingerprint density at radius 1 is 1.19 bits per heavy atom. The summed E-state index contributed by atoms with van der Waals surface area (Å²) in [7, 11) is 0. The van der Waals surface area contributed by atoms with Gasteiger partial charge in [-0.25, -0.2) is 4.79 Å². The van der Waals surface area contributed by atoms with Crippen LogP contribution in [0, 0.1) is 15.5 Å². The number of carbonyl (C=O) groups excluding carboxylic acids is 2. The van der Waals surface area contributed by atoms with Gasteiger partial charge in [-0.15, -0.1) is 0 Å². The molecule has 1 aromatic carbocycles. The fraction of sp³-hybridized carbons (Fsp3) is 0.500. The van der Waals surface area contributed by atoms with Gasteiger partial charge in [0.05, 0.1) is 16.0 Å². The molecule has 0 unspecified atom stereocenters. The summed E-state index contributed by atoms with van der Waals surface area (Å²) in [5.41, 5.74) is 0.0120. The van der Waals surface area contributed by atoms with E-state index in [1.54, 1.807) is 45.2 Å². The smallest absolute Gasteiger partial charge is 0.408 e. The van der Waals surface area contributed by atoms with E-state index in [2.05, 4.69) is 10.6 Å². The standard InChI is InChI=1S/C22H32N4O5S/c1-6-8-13-32-19(23)18(14-15-9-11-16(12-10-15)26(29)30)24-20(27)17(7-2)25-21(28)31-22(3,4)5/h8-13,17-18,23H,6-7,14H2,1-5H3,(H,24,27)(H,25,28)/b13-8+,23-19?/t17-,18-/m0/s1. The normalized spacial score (nSPS) is 13.3. The van der Waals surface area contributed by atoms with E-state index in [9.17, 15) is 19.7 Å². The average Bonchev–Trinajstić information content (AvgIpc) is 2.70. The van der Waals surface area contributed by atoms with Gasteiger partial charge in [-0.2, -0.15) is 0 Å². The van der Waals surface area contributed by atoms with Crippen molar-refractivity contribution in [3.8, 4) is 0 Å². The van der Waals surface area contributed by atoms with E-state index in [1.807, 2.05) is 13.0 Å². The van der Waals surface area contributed by atoms with E-state index in [1.165, 1.54) is 23.9 Å². The van der Waals surface area contributed by atoms with Crippen LogP contribution in [-0.4, -0.2) is 39.7 Å². The lowest BCUT2D eigenvalue weighted by Crippen LogP contribution is -2.52. The molecule has 0 saturated carbocycles. The summed E-state index contributed by atoms with van der Waals surface area (Å²) >= 11 is 1.19. The van der Waals surface area contributed by atoms with Crippen LogP contribution in [0.25, 0.3) is 0 Å². The first-order valence-electron chi connectivity index (χ1n) is 10.4. The lowest BCUT2D eigenvalue weighted by molar-refractivity contribution is -0.384. The summed E-state index contributed by atoms with van der Waals surface area (Å²) in [5.74, 6) is -0.435. The Balaban J connectivity index is 2.96. The number of nitro benzene ring substituents is 1. The largest absolute Gasteiger partial charge is 0.444 e. The monoisotopic (exact) mass is 464 g/mol. The number of nitrogens with one attached hydrogen (secondary N) is 3. The van der Waals surface area contributed by atoms with E-state index < -0.39 is 34.6 Å². The molecule has 0 aliphatic heterocycles. The Bertz CT molecular complexity index is 834. The maximum atomic E-state index is 12.9. The number of carbonyl (C=O) groups is 2. The molecule has 0 spiro atoms. The molecule has 2 atom stereocenters. The van der Waals surface area contributed by atoms with Crippen LogP contribution < -0.4 is 10.6 Å². The molecule has 1 aromatic rings. The third kappa shape index (κ3) is 9.95. The number of thioether (sulfide) groups is 1. The highest BCUT2D eigenvalue weighted by atomic mass is 32.2. The van der Waals surface area contributed by atoms with Crippen molar-refractivity contribution in [1.82, 2.24) is 10.6 Å². The fourth-order valence-electron chi connectivity index (χ4n) is 2.57. The lowest BCUT2D eigenvalue weighted by Gasteiger charge is -2.25. The number of amides is 2. The maximum Gasteiger partial charge on any atom is 0.408 e. The van der Waals surface area contributed by atoms with Gasteiger partial charge in [0, 0.05) is 12.1 Å². The van der Waals surface area contributed by atoms with Gasteiger partial charge in [0.1, 0.15) is 11.6 Å². The highest BCUT2D eigenvalue weighted by Crippen LogP contribution is 2.17. The molecule has 10 heteroatoms. The second-order valence-corrected chi connectivity index (χ2v) is 9.01. The first-order valence-corrected chi connectivity index (χ1v) is 11.3. The van der Waals surface area contributed by atoms with Gasteiger partial charge in [-0.05, 0) is 51.0 Å². The topological polar surface area (TPSA) is 134 Å². The third-order valence-corrected chi connectivity index (χ3v) is 5.03. The highest BCUT2D eigenvalue weighted by molar-refractivity contribution is 8.16. The van der Waals surface area contributed by atoms with Crippen LogP contribution in [0.5, 0.6) is 0 Å². The Kier molecular flexibility index (Phi) is 10.9. The SMILES string of the molecule is CC/C=C/SC(=N)[C@H](Cc1ccc([N+](=O)[O-])cc1)NC(=O)[C@H](CC)NC(=O)OC(C)(C)C. The predicted molar refractivity (Wildman–Crippen MR) is 127 cm³/mol. The molecule has 0 aromatic heterocycles. The van der Waals surface area contributed by atoms with Crippen molar-refractivity contribution in [3.63, 3.8) is 0 Å². The summed E-state index contributed by atoms with van der Waals surface area (Å²) in [6, 6.07) is 4.50. The predicted octanol–water partition coefficient (Wildman–Crippen LogP) is 4.56. The van der Waals surface area contributed by atoms with Crippen molar-refractivity contribution in [2.24, 2.45) is 0 Å². The molecule has 0 radical (unpaired) electrons. The van der Waals surface area contributed by atoms with Gasteiger partial charge in [-0.3, -0.25) is 20.3 Å². The van der Waals surface area contributed by atoms with Crippen LogP contribution in [-0.2, 0) is 16.0 Å². The lowest BCUT2D eigenvalue weighted by atomic mass is 10.1. The average molecular weight is 465 g/mol. The van der Waals surface area contributed by atoms with Crippen LogP contribution in [0.2, 0.25) is 0 Å². The molecule has 1 rings (SSSR count). The quantitative estimate of drug-likeness (QED) is 0.201. The van der Waals surface area contributed by atoms with E-state index in [0.29, 0.717) is 6.42 Å². The van der Waals surface area contributed by atoms with Gasteiger partial charge in [0.15, 0.2) is 0 Å². The first-order chi connectivity index (χ1) is 15.0. The minimum Gasteiger partial charge on any atom is -0.444 e. The number of hydrogen-bond donors (Lipinski definition) is 3. The number of alkyl carbamates (subject to hydrolysis) is 1. The molecule has 176 valence electrons. The van der Waals surface area contributed by atoms with Crippen molar-refractivity contribution in [3.05, 3.63) is 51.4 Å². The Labute approximate surface area is 193 Å². The minimum absolute atomic E-state index is 0.0303. The van der Waals surface area contributed by atoms with Gasteiger partial charge >= 0.3 is 6.09 Å². The minimum atomic E-state index is -0.826. The number of non-ortho nitro benzene ring substituents is 1. The zero-order valence-electron chi connectivity index (χ0n) is 19.1. The molecule has 0 saturated heterocycles. The zero-order chi connectivity index (χ0) is 24.3. The number of benzene rings is 1. The number of rotatable bonds is 10. The summed E-state index contributed by atoms with van der Waals surface area (Å²) in [5, 5.41) is 26.7. The second kappa shape index (κ2) is 12.8. The summed E-state index contributed by atoms with van der Waals surface area (Å²) in [4.78, 5) is 35.3. The van der Waals surface area contributed by atoms with E-state index >= 15 is 0 Å². The summed E-state index contributed by atoms with van der Waals surface area (Å²) < 4.78 is 5.22. The number of nitrogens with zero attached hydrogens (tertiary/aromatic N) is 1. The van der Waals surface area contributed by atoms with Crippen LogP contribution >= 0.6 is 11.8 Å². The van der Waals surface area contributed by atoms with Crippen molar-refractivity contribution >= 4 is 34.5 Å². The number of hydrogen-bond acceptors (Lipinski definition) is 7. The molecule has 0 aliphatic rings. The van der Waals surface area contributed by atoms with Crippen molar-refractivity contribution in [2.45, 2.75) is 71.6 Å². The third-order valence-electron chi connectivity index (χ3n) is 4.16. The molecular formula is C22H32N4O5S. The number of ether oxygens (including phenoxy) is 1. The molecule has 3 N–H and O–H groups in total. The maximum absolute atomic E-state index is 12.9. The highest BCUT2D eigenvalue weighted by Gasteiger charge is 2.26.